The number of hydrogen-bond acceptors (Lipinski definition) is 1. The molecule has 12 heavy (non-hydrogen) atoms. The molecule has 0 aliphatic rings. The summed E-state index contributed by atoms with van der Waals surface area (Å²) in [7, 11) is 0. The molecule has 2 heteroatoms. The molecule has 1 aromatic rings. The summed E-state index contributed by atoms with van der Waals surface area (Å²) in [5.41, 5.74) is 0.891. The predicted octanol–water partition coefficient (Wildman–Crippen LogP) is 2.24. The van der Waals surface area contributed by atoms with Gasteiger partial charge in [-0.05, 0) is 11.6 Å². The molecular formula is C10H9FO. The first kappa shape index (κ1) is 8.65. The van der Waals surface area contributed by atoms with E-state index >= 15 is 0 Å². The van der Waals surface area contributed by atoms with Gasteiger partial charge in [-0.25, -0.2) is 4.39 Å². The molecule has 1 rings (SSSR count). The Hall–Kier alpha value is -1.44. The van der Waals surface area contributed by atoms with Crippen LogP contribution >= 0.6 is 0 Å². The van der Waals surface area contributed by atoms with Crippen LogP contribution in [0, 0.1) is 0 Å². The van der Waals surface area contributed by atoms with Crippen molar-refractivity contribution in [2.75, 3.05) is 0 Å². The van der Waals surface area contributed by atoms with Crippen LogP contribution < -0.4 is 0 Å². The van der Waals surface area contributed by atoms with Gasteiger partial charge in [0.25, 0.3) is 0 Å². The average Bonchev–Trinajstić information content (AvgIpc) is 2.16. The van der Waals surface area contributed by atoms with Crippen molar-refractivity contribution in [3.63, 3.8) is 0 Å². The van der Waals surface area contributed by atoms with Gasteiger partial charge in [0.1, 0.15) is 0 Å². The highest BCUT2D eigenvalue weighted by Gasteiger charge is 1.94. The molecule has 0 fully saturated rings. The van der Waals surface area contributed by atoms with Gasteiger partial charge in [-0.3, -0.25) is 4.79 Å². The van der Waals surface area contributed by atoms with E-state index in [0.29, 0.717) is 0 Å². The minimum atomic E-state index is -1.50. The fraction of sp³-hybridized carbons (Fsp3) is 0.100. The van der Waals surface area contributed by atoms with E-state index in [-0.39, 0.29) is 6.29 Å². The molecule has 0 spiro atoms. The highest BCUT2D eigenvalue weighted by molar-refractivity contribution is 5.63. The van der Waals surface area contributed by atoms with Crippen molar-refractivity contribution >= 4 is 12.4 Å². The molecule has 1 unspecified atom stereocenters. The number of rotatable bonds is 3. The second kappa shape index (κ2) is 4.44. The highest BCUT2D eigenvalue weighted by atomic mass is 19.1. The molecule has 0 N–H and O–H groups in total. The van der Waals surface area contributed by atoms with Crippen molar-refractivity contribution in [1.82, 2.24) is 0 Å². The second-order valence-corrected chi connectivity index (χ2v) is 2.35. The number of benzene rings is 1. The molecular weight excluding hydrogens is 155 g/mol. The molecule has 0 radical (unpaired) electrons. The minimum absolute atomic E-state index is 0.263. The Morgan fingerprint density at radius 3 is 2.50 bits per heavy atom. The van der Waals surface area contributed by atoms with Crippen LogP contribution in [0.25, 0.3) is 6.08 Å². The van der Waals surface area contributed by atoms with Gasteiger partial charge in [0.15, 0.2) is 12.5 Å². The van der Waals surface area contributed by atoms with Crippen LogP contribution in [0.4, 0.5) is 4.39 Å². The fourth-order valence-electron chi connectivity index (χ4n) is 0.813. The quantitative estimate of drug-likeness (QED) is 0.626. The highest BCUT2D eigenvalue weighted by Crippen LogP contribution is 2.02. The average molecular weight is 164 g/mol. The molecule has 1 atom stereocenters. The maximum absolute atomic E-state index is 12.4. The van der Waals surface area contributed by atoms with Gasteiger partial charge in [-0.2, -0.15) is 0 Å². The van der Waals surface area contributed by atoms with Crippen LogP contribution in [0.2, 0.25) is 0 Å². The summed E-state index contributed by atoms with van der Waals surface area (Å²) in [4.78, 5) is 9.90. The molecule has 0 heterocycles. The number of aldehydes is 1. The summed E-state index contributed by atoms with van der Waals surface area (Å²) in [5.74, 6) is 0. The van der Waals surface area contributed by atoms with E-state index in [0.717, 1.165) is 5.56 Å². The number of carbonyl (C=O) groups is 1. The van der Waals surface area contributed by atoms with Crippen LogP contribution in [0.1, 0.15) is 5.56 Å². The third-order valence-corrected chi connectivity index (χ3v) is 1.40. The van der Waals surface area contributed by atoms with Crippen LogP contribution in [-0.2, 0) is 4.79 Å². The Morgan fingerprint density at radius 2 is 1.92 bits per heavy atom. The van der Waals surface area contributed by atoms with Crippen molar-refractivity contribution in [2.24, 2.45) is 0 Å². The summed E-state index contributed by atoms with van der Waals surface area (Å²) in [6.07, 6.45) is 1.58. The Bertz CT molecular complexity index is 266. The zero-order valence-corrected chi connectivity index (χ0v) is 6.48. The molecule has 1 aromatic carbocycles. The Labute approximate surface area is 70.5 Å². The Kier molecular flexibility index (Phi) is 3.20. The fourth-order valence-corrected chi connectivity index (χ4v) is 0.813. The van der Waals surface area contributed by atoms with Crippen molar-refractivity contribution in [1.29, 1.82) is 0 Å². The third-order valence-electron chi connectivity index (χ3n) is 1.40. The van der Waals surface area contributed by atoms with E-state index in [2.05, 4.69) is 0 Å². The zero-order chi connectivity index (χ0) is 8.81. The first-order valence-corrected chi connectivity index (χ1v) is 3.65. The normalized spacial score (nSPS) is 13.1. The zero-order valence-electron chi connectivity index (χ0n) is 6.48. The van der Waals surface area contributed by atoms with E-state index < -0.39 is 6.17 Å². The van der Waals surface area contributed by atoms with Crippen LogP contribution in [0.15, 0.2) is 36.4 Å². The first-order chi connectivity index (χ1) is 5.83. The molecule has 0 saturated heterocycles. The lowest BCUT2D eigenvalue weighted by molar-refractivity contribution is -0.110. The molecule has 0 saturated carbocycles. The monoisotopic (exact) mass is 164 g/mol. The SMILES string of the molecule is O=CC(F)/C=C\c1ccccc1. The molecule has 0 aliphatic carbocycles. The van der Waals surface area contributed by atoms with E-state index in [1.54, 1.807) is 6.08 Å². The van der Waals surface area contributed by atoms with E-state index in [1.807, 2.05) is 30.3 Å². The van der Waals surface area contributed by atoms with Gasteiger partial charge in [-0.1, -0.05) is 36.4 Å². The summed E-state index contributed by atoms with van der Waals surface area (Å²) < 4.78 is 12.4. The number of allylic oxidation sites excluding steroid dienone is 1. The molecule has 0 aromatic heterocycles. The number of alkyl halides is 1. The number of carbonyl (C=O) groups excluding carboxylic acids is 1. The first-order valence-electron chi connectivity index (χ1n) is 3.65. The smallest absolute Gasteiger partial charge is 0.174 e. The van der Waals surface area contributed by atoms with Crippen molar-refractivity contribution < 1.29 is 9.18 Å². The summed E-state index contributed by atoms with van der Waals surface area (Å²) in [6, 6.07) is 9.27. The Balaban J connectivity index is 2.63. The summed E-state index contributed by atoms with van der Waals surface area (Å²) in [6.45, 7) is 0. The van der Waals surface area contributed by atoms with Crippen LogP contribution in [0.3, 0.4) is 0 Å². The van der Waals surface area contributed by atoms with Gasteiger partial charge in [0, 0.05) is 0 Å². The third kappa shape index (κ3) is 2.66. The van der Waals surface area contributed by atoms with Crippen molar-refractivity contribution in [3.8, 4) is 0 Å². The Morgan fingerprint density at radius 1 is 1.25 bits per heavy atom. The van der Waals surface area contributed by atoms with Crippen LogP contribution in [-0.4, -0.2) is 12.5 Å². The number of halogens is 1. The van der Waals surface area contributed by atoms with Gasteiger partial charge in [-0.15, -0.1) is 0 Å². The lowest BCUT2D eigenvalue weighted by Crippen LogP contribution is -1.93. The summed E-state index contributed by atoms with van der Waals surface area (Å²) in [5, 5.41) is 0. The van der Waals surface area contributed by atoms with Gasteiger partial charge in [0.05, 0.1) is 0 Å². The second-order valence-electron chi connectivity index (χ2n) is 2.35. The largest absolute Gasteiger partial charge is 0.300 e. The maximum atomic E-state index is 12.4. The van der Waals surface area contributed by atoms with E-state index in [1.165, 1.54) is 6.08 Å². The molecule has 1 nitrogen and oxygen atoms in total. The molecule has 0 amide bonds. The standard InChI is InChI=1S/C10H9FO/c11-10(8-12)7-6-9-4-2-1-3-5-9/h1-8,10H/b7-6-. The van der Waals surface area contributed by atoms with Gasteiger partial charge < -0.3 is 0 Å². The lowest BCUT2D eigenvalue weighted by Gasteiger charge is -1.91. The summed E-state index contributed by atoms with van der Waals surface area (Å²) >= 11 is 0. The lowest BCUT2D eigenvalue weighted by atomic mass is 10.2. The number of hydrogen-bond donors (Lipinski definition) is 0. The molecule has 0 bridgehead atoms. The molecule has 62 valence electrons. The predicted molar refractivity (Wildman–Crippen MR) is 46.4 cm³/mol. The molecule has 0 aliphatic heterocycles. The minimum Gasteiger partial charge on any atom is -0.300 e. The maximum Gasteiger partial charge on any atom is 0.174 e. The van der Waals surface area contributed by atoms with Crippen molar-refractivity contribution in [2.45, 2.75) is 6.17 Å². The van der Waals surface area contributed by atoms with Crippen LogP contribution in [0.5, 0.6) is 0 Å². The van der Waals surface area contributed by atoms with E-state index in [9.17, 15) is 9.18 Å². The van der Waals surface area contributed by atoms with Gasteiger partial charge in [0.2, 0.25) is 0 Å². The van der Waals surface area contributed by atoms with Crippen molar-refractivity contribution in [3.05, 3.63) is 42.0 Å². The van der Waals surface area contributed by atoms with Gasteiger partial charge >= 0.3 is 0 Å². The van der Waals surface area contributed by atoms with E-state index in [4.69, 9.17) is 0 Å². The topological polar surface area (TPSA) is 17.1 Å².